The predicted octanol–water partition coefficient (Wildman–Crippen LogP) is 2.79. The molecular formula is C18H13N2O2. The predicted molar refractivity (Wildman–Crippen MR) is 85.4 cm³/mol. The van der Waals surface area contributed by atoms with Crippen molar-refractivity contribution in [2.75, 3.05) is 5.73 Å². The minimum atomic E-state index is -0.498. The number of hydrogen-bond acceptors (Lipinski definition) is 3. The molecule has 0 unspecified atom stereocenters. The van der Waals surface area contributed by atoms with E-state index >= 15 is 0 Å². The van der Waals surface area contributed by atoms with Gasteiger partial charge in [0.05, 0.1) is 0 Å². The maximum atomic E-state index is 12.2. The maximum Gasteiger partial charge on any atom is 0.258 e. The normalized spacial score (nSPS) is 10.4. The van der Waals surface area contributed by atoms with Crippen LogP contribution >= 0.6 is 0 Å². The second-order valence-corrected chi connectivity index (χ2v) is 4.90. The Labute approximate surface area is 127 Å². The SMILES string of the molecule is Nc1c[c]cc(C(=O)NC(=O)c2ccc3ccccc3c2)c1. The van der Waals surface area contributed by atoms with Gasteiger partial charge in [-0.1, -0.05) is 30.3 Å². The van der Waals surface area contributed by atoms with Crippen molar-refractivity contribution in [3.63, 3.8) is 0 Å². The van der Waals surface area contributed by atoms with Crippen LogP contribution in [0.1, 0.15) is 20.7 Å². The van der Waals surface area contributed by atoms with E-state index in [1.807, 2.05) is 30.3 Å². The summed E-state index contributed by atoms with van der Waals surface area (Å²) >= 11 is 0. The van der Waals surface area contributed by atoms with Gasteiger partial charge in [0, 0.05) is 16.8 Å². The molecule has 4 nitrogen and oxygen atoms in total. The Bertz CT molecular complexity index is 872. The van der Waals surface area contributed by atoms with Crippen molar-refractivity contribution in [1.82, 2.24) is 5.32 Å². The average molecular weight is 289 g/mol. The molecule has 0 atom stereocenters. The van der Waals surface area contributed by atoms with Crippen LogP contribution in [0.25, 0.3) is 10.8 Å². The van der Waals surface area contributed by atoms with E-state index in [-0.39, 0.29) is 0 Å². The van der Waals surface area contributed by atoms with Crippen LogP contribution in [0, 0.1) is 6.07 Å². The van der Waals surface area contributed by atoms with Gasteiger partial charge in [0.1, 0.15) is 0 Å². The second kappa shape index (κ2) is 5.69. The third-order valence-corrected chi connectivity index (χ3v) is 3.31. The highest BCUT2D eigenvalue weighted by Gasteiger charge is 2.12. The number of amides is 2. The standard InChI is InChI=1S/C18H13N2O2/c19-16-7-3-6-14(11-16)17(21)20-18(22)15-9-8-12-4-1-2-5-13(12)10-15/h1-2,4-11H,19H2,(H,20,21,22). The number of carbonyl (C=O) groups is 2. The lowest BCUT2D eigenvalue weighted by Gasteiger charge is -2.06. The van der Waals surface area contributed by atoms with Gasteiger partial charge < -0.3 is 5.73 Å². The molecule has 0 aliphatic carbocycles. The number of carbonyl (C=O) groups excluding carboxylic acids is 2. The van der Waals surface area contributed by atoms with Gasteiger partial charge in [-0.2, -0.15) is 0 Å². The molecule has 22 heavy (non-hydrogen) atoms. The first-order chi connectivity index (χ1) is 10.6. The molecule has 0 aliphatic rings. The highest BCUT2D eigenvalue weighted by atomic mass is 16.2. The third kappa shape index (κ3) is 2.81. The van der Waals surface area contributed by atoms with Gasteiger partial charge in [0.2, 0.25) is 0 Å². The van der Waals surface area contributed by atoms with Crippen molar-refractivity contribution < 1.29 is 9.59 Å². The monoisotopic (exact) mass is 289 g/mol. The summed E-state index contributed by atoms with van der Waals surface area (Å²) in [6.45, 7) is 0. The van der Waals surface area contributed by atoms with E-state index in [0.29, 0.717) is 16.8 Å². The molecule has 0 bridgehead atoms. The number of nitrogens with one attached hydrogen (secondary N) is 1. The van der Waals surface area contributed by atoms with E-state index in [2.05, 4.69) is 11.4 Å². The van der Waals surface area contributed by atoms with Crippen molar-refractivity contribution >= 4 is 28.3 Å². The average Bonchev–Trinajstić information content (AvgIpc) is 2.54. The molecule has 3 aromatic rings. The van der Waals surface area contributed by atoms with Gasteiger partial charge in [-0.25, -0.2) is 0 Å². The number of imide groups is 1. The zero-order chi connectivity index (χ0) is 15.5. The molecule has 0 spiro atoms. The first-order valence-electron chi connectivity index (χ1n) is 6.74. The van der Waals surface area contributed by atoms with Crippen molar-refractivity contribution in [1.29, 1.82) is 0 Å². The summed E-state index contributed by atoms with van der Waals surface area (Å²) in [5.74, 6) is -0.945. The van der Waals surface area contributed by atoms with Crippen LogP contribution in [0.2, 0.25) is 0 Å². The largest absolute Gasteiger partial charge is 0.399 e. The highest BCUT2D eigenvalue weighted by molar-refractivity contribution is 6.11. The highest BCUT2D eigenvalue weighted by Crippen LogP contribution is 2.15. The van der Waals surface area contributed by atoms with Gasteiger partial charge in [0.25, 0.3) is 11.8 Å². The molecular weight excluding hydrogens is 276 g/mol. The number of fused-ring (bicyclic) bond motifs is 1. The molecule has 0 aromatic heterocycles. The Balaban J connectivity index is 1.82. The molecule has 3 rings (SSSR count). The molecule has 4 heteroatoms. The Hall–Kier alpha value is -3.14. The van der Waals surface area contributed by atoms with Crippen LogP contribution in [-0.4, -0.2) is 11.8 Å². The summed E-state index contributed by atoms with van der Waals surface area (Å²) in [6, 6.07) is 20.3. The van der Waals surface area contributed by atoms with Gasteiger partial charge in [-0.15, -0.1) is 0 Å². The number of nitrogens with two attached hydrogens (primary N) is 1. The lowest BCUT2D eigenvalue weighted by molar-refractivity contribution is 0.0849. The van der Waals surface area contributed by atoms with E-state index in [0.717, 1.165) is 10.8 Å². The van der Waals surface area contributed by atoms with Crippen molar-refractivity contribution in [3.8, 4) is 0 Å². The smallest absolute Gasteiger partial charge is 0.258 e. The fraction of sp³-hybridized carbons (Fsp3) is 0. The fourth-order valence-corrected chi connectivity index (χ4v) is 2.20. The molecule has 0 aliphatic heterocycles. The Morgan fingerprint density at radius 1 is 0.864 bits per heavy atom. The number of nitrogen functional groups attached to an aromatic ring is 1. The number of benzene rings is 3. The number of rotatable bonds is 2. The lowest BCUT2D eigenvalue weighted by Crippen LogP contribution is -2.30. The molecule has 1 radical (unpaired) electrons. The minimum absolute atomic E-state index is 0.300. The molecule has 2 amide bonds. The second-order valence-electron chi connectivity index (χ2n) is 4.90. The molecule has 107 valence electrons. The summed E-state index contributed by atoms with van der Waals surface area (Å²) in [4.78, 5) is 24.2. The van der Waals surface area contributed by atoms with Crippen LogP contribution in [-0.2, 0) is 0 Å². The maximum absolute atomic E-state index is 12.2. The Morgan fingerprint density at radius 3 is 2.36 bits per heavy atom. The van der Waals surface area contributed by atoms with E-state index in [4.69, 9.17) is 5.73 Å². The Morgan fingerprint density at radius 2 is 1.59 bits per heavy atom. The van der Waals surface area contributed by atoms with Crippen molar-refractivity contribution in [2.24, 2.45) is 0 Å². The zero-order valence-electron chi connectivity index (χ0n) is 11.7. The summed E-state index contributed by atoms with van der Waals surface area (Å²) in [7, 11) is 0. The first kappa shape index (κ1) is 13.8. The van der Waals surface area contributed by atoms with Crippen LogP contribution in [0.4, 0.5) is 5.69 Å². The van der Waals surface area contributed by atoms with E-state index in [9.17, 15) is 9.59 Å². The van der Waals surface area contributed by atoms with E-state index in [1.165, 1.54) is 12.1 Å². The van der Waals surface area contributed by atoms with Crippen LogP contribution in [0.5, 0.6) is 0 Å². The summed E-state index contributed by atoms with van der Waals surface area (Å²) in [5.41, 5.74) is 6.76. The molecule has 3 aromatic carbocycles. The first-order valence-corrected chi connectivity index (χ1v) is 6.74. The molecule has 0 saturated heterocycles. The summed E-state index contributed by atoms with van der Waals surface area (Å²) < 4.78 is 0. The Kier molecular flexibility index (Phi) is 3.58. The molecule has 0 fully saturated rings. The van der Waals surface area contributed by atoms with Gasteiger partial charge in [-0.05, 0) is 47.2 Å². The quantitative estimate of drug-likeness (QED) is 0.563. The summed E-state index contributed by atoms with van der Waals surface area (Å²) in [6.07, 6.45) is 0. The van der Waals surface area contributed by atoms with Crippen LogP contribution < -0.4 is 11.1 Å². The van der Waals surface area contributed by atoms with Gasteiger partial charge >= 0.3 is 0 Å². The fourth-order valence-electron chi connectivity index (χ4n) is 2.20. The molecule has 0 heterocycles. The number of anilines is 1. The van der Waals surface area contributed by atoms with Crippen LogP contribution in [0.3, 0.4) is 0 Å². The summed E-state index contributed by atoms with van der Waals surface area (Å²) in [5, 5.41) is 4.33. The van der Waals surface area contributed by atoms with Crippen molar-refractivity contribution in [2.45, 2.75) is 0 Å². The third-order valence-electron chi connectivity index (χ3n) is 3.31. The van der Waals surface area contributed by atoms with Gasteiger partial charge in [0.15, 0.2) is 0 Å². The van der Waals surface area contributed by atoms with Gasteiger partial charge in [-0.3, -0.25) is 14.9 Å². The number of hydrogen-bond donors (Lipinski definition) is 2. The van der Waals surface area contributed by atoms with Crippen molar-refractivity contribution in [3.05, 3.63) is 77.9 Å². The molecule has 0 saturated carbocycles. The topological polar surface area (TPSA) is 72.2 Å². The lowest BCUT2D eigenvalue weighted by atomic mass is 10.1. The zero-order valence-corrected chi connectivity index (χ0v) is 11.7. The van der Waals surface area contributed by atoms with E-state index < -0.39 is 11.8 Å². The molecule has 3 N–H and O–H groups in total. The van der Waals surface area contributed by atoms with E-state index in [1.54, 1.807) is 18.2 Å². The van der Waals surface area contributed by atoms with Crippen LogP contribution in [0.15, 0.2) is 60.7 Å². The minimum Gasteiger partial charge on any atom is -0.399 e.